The van der Waals surface area contributed by atoms with Gasteiger partial charge in [-0.25, -0.2) is 4.39 Å². The van der Waals surface area contributed by atoms with Gasteiger partial charge in [-0.2, -0.15) is 13.2 Å². The summed E-state index contributed by atoms with van der Waals surface area (Å²) in [5, 5.41) is 0. The van der Waals surface area contributed by atoms with Gasteiger partial charge in [-0.05, 0) is 41.5 Å². The molecule has 17 heavy (non-hydrogen) atoms. The summed E-state index contributed by atoms with van der Waals surface area (Å²) in [6.45, 7) is 0. The summed E-state index contributed by atoms with van der Waals surface area (Å²) in [7, 11) is 0. The molecule has 0 N–H and O–H groups in total. The first kappa shape index (κ1) is 11.6. The van der Waals surface area contributed by atoms with Gasteiger partial charge >= 0.3 is 6.18 Å². The summed E-state index contributed by atoms with van der Waals surface area (Å²) in [5.74, 6) is -0.911. The molecule has 0 saturated heterocycles. The maximum Gasteiger partial charge on any atom is 0.416 e. The first-order chi connectivity index (χ1) is 7.97. The Kier molecular flexibility index (Phi) is 2.83. The lowest BCUT2D eigenvalue weighted by atomic mass is 10.0. The van der Waals surface area contributed by atoms with Crippen LogP contribution in [-0.2, 0) is 6.18 Å². The fourth-order valence-electron chi connectivity index (χ4n) is 1.46. The molecule has 2 rings (SSSR count). The van der Waals surface area contributed by atoms with Crippen molar-refractivity contribution >= 4 is 0 Å². The lowest BCUT2D eigenvalue weighted by molar-refractivity contribution is -0.137. The van der Waals surface area contributed by atoms with Gasteiger partial charge in [-0.15, -0.1) is 0 Å². The minimum Gasteiger partial charge on any atom is -0.265 e. The summed E-state index contributed by atoms with van der Waals surface area (Å²) in [5.41, 5.74) is -0.325. The fourth-order valence-corrected chi connectivity index (χ4v) is 1.46. The lowest BCUT2D eigenvalue weighted by Crippen LogP contribution is -2.05. The van der Waals surface area contributed by atoms with Gasteiger partial charge in [0.15, 0.2) is 0 Å². The maximum absolute atomic E-state index is 13.1. The van der Waals surface area contributed by atoms with Crippen molar-refractivity contribution < 1.29 is 17.6 Å². The van der Waals surface area contributed by atoms with E-state index in [4.69, 9.17) is 0 Å². The van der Waals surface area contributed by atoms with Gasteiger partial charge in [-0.3, -0.25) is 4.98 Å². The summed E-state index contributed by atoms with van der Waals surface area (Å²) < 4.78 is 50.6. The SMILES string of the molecule is Fc1cc(-c2ccncc2)cc(C(F)(F)F)c1. The Morgan fingerprint density at radius 1 is 0.882 bits per heavy atom. The third-order valence-electron chi connectivity index (χ3n) is 2.24. The lowest BCUT2D eigenvalue weighted by Gasteiger charge is -2.09. The molecule has 0 bridgehead atoms. The van der Waals surface area contributed by atoms with Gasteiger partial charge < -0.3 is 0 Å². The molecule has 0 saturated carbocycles. The Morgan fingerprint density at radius 2 is 1.53 bits per heavy atom. The number of hydrogen-bond donors (Lipinski definition) is 0. The van der Waals surface area contributed by atoms with Gasteiger partial charge in [0.1, 0.15) is 5.82 Å². The molecule has 0 atom stereocenters. The molecule has 1 aromatic carbocycles. The van der Waals surface area contributed by atoms with Gasteiger partial charge in [0.05, 0.1) is 5.56 Å². The number of alkyl halides is 3. The minimum atomic E-state index is -4.55. The van der Waals surface area contributed by atoms with Crippen molar-refractivity contribution in [2.75, 3.05) is 0 Å². The van der Waals surface area contributed by atoms with E-state index in [0.717, 1.165) is 12.1 Å². The second-order valence-corrected chi connectivity index (χ2v) is 3.46. The molecule has 1 aromatic heterocycles. The van der Waals surface area contributed by atoms with Crippen molar-refractivity contribution in [1.82, 2.24) is 4.98 Å². The third kappa shape index (κ3) is 2.61. The molecule has 0 aliphatic carbocycles. The summed E-state index contributed by atoms with van der Waals surface area (Å²) in [6.07, 6.45) is -1.68. The average molecular weight is 241 g/mol. The Hall–Kier alpha value is -1.91. The summed E-state index contributed by atoms with van der Waals surface area (Å²) in [6, 6.07) is 5.50. The molecule has 0 radical (unpaired) electrons. The smallest absolute Gasteiger partial charge is 0.265 e. The van der Waals surface area contributed by atoms with Crippen LogP contribution >= 0.6 is 0 Å². The highest BCUT2D eigenvalue weighted by atomic mass is 19.4. The van der Waals surface area contributed by atoms with Crippen LogP contribution in [0.25, 0.3) is 11.1 Å². The van der Waals surface area contributed by atoms with Crippen molar-refractivity contribution in [3.63, 3.8) is 0 Å². The second-order valence-electron chi connectivity index (χ2n) is 3.46. The molecule has 0 fully saturated rings. The van der Waals surface area contributed by atoms with Crippen LogP contribution in [0.3, 0.4) is 0 Å². The highest BCUT2D eigenvalue weighted by molar-refractivity contribution is 5.63. The number of nitrogens with zero attached hydrogens (tertiary/aromatic N) is 1. The Labute approximate surface area is 94.7 Å². The third-order valence-corrected chi connectivity index (χ3v) is 2.24. The first-order valence-electron chi connectivity index (χ1n) is 4.75. The molecule has 1 heterocycles. The highest BCUT2D eigenvalue weighted by Gasteiger charge is 2.31. The topological polar surface area (TPSA) is 12.9 Å². The number of hydrogen-bond acceptors (Lipinski definition) is 1. The quantitative estimate of drug-likeness (QED) is 0.690. The van der Waals surface area contributed by atoms with E-state index in [1.165, 1.54) is 24.5 Å². The largest absolute Gasteiger partial charge is 0.416 e. The van der Waals surface area contributed by atoms with Gasteiger partial charge in [0.2, 0.25) is 0 Å². The normalized spacial score (nSPS) is 11.5. The molecule has 0 unspecified atom stereocenters. The molecular weight excluding hydrogens is 234 g/mol. The van der Waals surface area contributed by atoms with Gasteiger partial charge in [-0.1, -0.05) is 0 Å². The molecular formula is C12H7F4N. The number of aromatic nitrogens is 1. The van der Waals surface area contributed by atoms with Crippen molar-refractivity contribution in [3.8, 4) is 11.1 Å². The molecule has 0 amide bonds. The molecule has 0 spiro atoms. The molecule has 0 aliphatic rings. The van der Waals surface area contributed by atoms with Crippen LogP contribution in [0.5, 0.6) is 0 Å². The number of halogens is 4. The second kappa shape index (κ2) is 4.16. The van der Waals surface area contributed by atoms with Crippen LogP contribution in [0.4, 0.5) is 17.6 Å². The van der Waals surface area contributed by atoms with Crippen molar-refractivity contribution in [1.29, 1.82) is 0 Å². The molecule has 88 valence electrons. The van der Waals surface area contributed by atoms with E-state index in [-0.39, 0.29) is 5.56 Å². The number of pyridine rings is 1. The molecule has 2 aromatic rings. The van der Waals surface area contributed by atoms with Crippen molar-refractivity contribution in [3.05, 3.63) is 54.1 Å². The van der Waals surface area contributed by atoms with Gasteiger partial charge in [0, 0.05) is 12.4 Å². The minimum absolute atomic E-state index is 0.180. The van der Waals surface area contributed by atoms with Crippen LogP contribution in [-0.4, -0.2) is 4.98 Å². The number of rotatable bonds is 1. The fraction of sp³-hybridized carbons (Fsp3) is 0.0833. The van der Waals surface area contributed by atoms with Crippen LogP contribution in [0, 0.1) is 5.82 Å². The van der Waals surface area contributed by atoms with Gasteiger partial charge in [0.25, 0.3) is 0 Å². The Bertz CT molecular complexity index is 520. The van der Waals surface area contributed by atoms with E-state index in [2.05, 4.69) is 4.98 Å². The molecule has 0 aliphatic heterocycles. The monoisotopic (exact) mass is 241 g/mol. The van der Waals surface area contributed by atoms with E-state index in [1.54, 1.807) is 0 Å². The zero-order chi connectivity index (χ0) is 12.5. The summed E-state index contributed by atoms with van der Waals surface area (Å²) >= 11 is 0. The Morgan fingerprint density at radius 3 is 2.12 bits per heavy atom. The predicted molar refractivity (Wildman–Crippen MR) is 54.6 cm³/mol. The average Bonchev–Trinajstić information content (AvgIpc) is 2.28. The van der Waals surface area contributed by atoms with E-state index >= 15 is 0 Å². The molecule has 1 nitrogen and oxygen atoms in total. The van der Waals surface area contributed by atoms with Crippen molar-refractivity contribution in [2.24, 2.45) is 0 Å². The standard InChI is InChI=1S/C12H7F4N/c13-11-6-9(8-1-3-17-4-2-8)5-10(7-11)12(14,15)16/h1-7H. The van der Waals surface area contributed by atoms with Crippen LogP contribution in [0.1, 0.15) is 5.56 Å². The first-order valence-corrected chi connectivity index (χ1v) is 4.75. The molecule has 5 heteroatoms. The Balaban J connectivity index is 2.54. The van der Waals surface area contributed by atoms with E-state index in [0.29, 0.717) is 11.6 Å². The maximum atomic E-state index is 13.1. The zero-order valence-electron chi connectivity index (χ0n) is 8.50. The van der Waals surface area contributed by atoms with E-state index in [1.807, 2.05) is 0 Å². The van der Waals surface area contributed by atoms with Crippen LogP contribution in [0.2, 0.25) is 0 Å². The van der Waals surface area contributed by atoms with Crippen molar-refractivity contribution in [2.45, 2.75) is 6.18 Å². The van der Waals surface area contributed by atoms with Crippen LogP contribution < -0.4 is 0 Å². The predicted octanol–water partition coefficient (Wildman–Crippen LogP) is 3.91. The van der Waals surface area contributed by atoms with E-state index in [9.17, 15) is 17.6 Å². The number of benzene rings is 1. The van der Waals surface area contributed by atoms with Crippen LogP contribution in [0.15, 0.2) is 42.7 Å². The summed E-state index contributed by atoms with van der Waals surface area (Å²) in [4.78, 5) is 3.75. The zero-order valence-corrected chi connectivity index (χ0v) is 8.50. The highest BCUT2D eigenvalue weighted by Crippen LogP contribution is 2.32. The van der Waals surface area contributed by atoms with E-state index < -0.39 is 17.6 Å².